The van der Waals surface area contributed by atoms with Gasteiger partial charge in [-0.2, -0.15) is 0 Å². The lowest BCUT2D eigenvalue weighted by Crippen LogP contribution is -2.22. The van der Waals surface area contributed by atoms with Crippen molar-refractivity contribution in [2.75, 3.05) is 6.61 Å². The van der Waals surface area contributed by atoms with Gasteiger partial charge in [-0.1, -0.05) is 72.8 Å². The fourth-order valence-electron chi connectivity index (χ4n) is 4.32. The molecular weight excluding hydrogens is 436 g/mol. The van der Waals surface area contributed by atoms with E-state index in [0.29, 0.717) is 11.6 Å². The lowest BCUT2D eigenvalue weighted by atomic mass is 10.1. The summed E-state index contributed by atoms with van der Waals surface area (Å²) in [4.78, 5) is 18.0. The molecular formula is C30H22N2O3. The van der Waals surface area contributed by atoms with Crippen molar-refractivity contribution in [3.05, 3.63) is 115 Å². The van der Waals surface area contributed by atoms with E-state index in [9.17, 15) is 4.79 Å². The van der Waals surface area contributed by atoms with Crippen LogP contribution in [0.15, 0.2) is 109 Å². The molecule has 0 saturated carbocycles. The summed E-state index contributed by atoms with van der Waals surface area (Å²) in [5.74, 6) is 1.70. The topological polar surface area (TPSA) is 53.4 Å². The maximum Gasteiger partial charge on any atom is 0.270 e. The van der Waals surface area contributed by atoms with Gasteiger partial charge < -0.3 is 9.47 Å². The Kier molecular flexibility index (Phi) is 5.35. The minimum Gasteiger partial charge on any atom is -0.486 e. The Labute approximate surface area is 202 Å². The summed E-state index contributed by atoms with van der Waals surface area (Å²) in [6.45, 7) is 0.0520. The quantitative estimate of drug-likeness (QED) is 0.281. The molecule has 35 heavy (non-hydrogen) atoms. The largest absolute Gasteiger partial charge is 0.486 e. The van der Waals surface area contributed by atoms with E-state index in [2.05, 4.69) is 11.1 Å². The second-order valence-corrected chi connectivity index (χ2v) is 8.34. The molecule has 0 unspecified atom stereocenters. The molecule has 0 aliphatic carbocycles. The lowest BCUT2D eigenvalue weighted by Gasteiger charge is -2.11. The van der Waals surface area contributed by atoms with Gasteiger partial charge >= 0.3 is 0 Å². The van der Waals surface area contributed by atoms with E-state index in [1.165, 1.54) is 0 Å². The monoisotopic (exact) mass is 458 g/mol. The molecule has 170 valence electrons. The number of hydrogen-bond donors (Lipinski definition) is 0. The van der Waals surface area contributed by atoms with E-state index in [0.717, 1.165) is 38.3 Å². The predicted octanol–water partition coefficient (Wildman–Crippen LogP) is 6.64. The number of ether oxygens (including phenoxy) is 2. The number of imidazole rings is 1. The minimum absolute atomic E-state index is 0.109. The standard InChI is InChI=1S/C30H22N2O3/c33-30(20-35-26-16-14-22-8-2-4-10-24(22)18-26)32-28-12-6-5-11-27(28)31-29(32)19-34-25-15-13-21-7-1-3-9-23(21)17-25/h1-18H,19-20H2. The first kappa shape index (κ1) is 20.9. The molecule has 0 atom stereocenters. The number of aromatic nitrogens is 2. The molecule has 0 radical (unpaired) electrons. The van der Waals surface area contributed by atoms with Crippen LogP contribution in [-0.4, -0.2) is 22.1 Å². The van der Waals surface area contributed by atoms with Crippen LogP contribution in [0.5, 0.6) is 11.5 Å². The van der Waals surface area contributed by atoms with Gasteiger partial charge in [-0.15, -0.1) is 0 Å². The van der Waals surface area contributed by atoms with E-state index in [-0.39, 0.29) is 19.1 Å². The van der Waals surface area contributed by atoms with Crippen LogP contribution in [0.3, 0.4) is 0 Å². The number of benzene rings is 5. The third kappa shape index (κ3) is 4.20. The Hall–Kier alpha value is -4.64. The summed E-state index contributed by atoms with van der Waals surface area (Å²) in [6.07, 6.45) is 0. The number of carbonyl (C=O) groups is 1. The van der Waals surface area contributed by atoms with Crippen molar-refractivity contribution >= 4 is 38.5 Å². The van der Waals surface area contributed by atoms with Gasteiger partial charge in [0.25, 0.3) is 5.91 Å². The molecule has 5 aromatic carbocycles. The van der Waals surface area contributed by atoms with E-state index >= 15 is 0 Å². The highest BCUT2D eigenvalue weighted by Gasteiger charge is 2.18. The van der Waals surface area contributed by atoms with Crippen molar-refractivity contribution in [1.29, 1.82) is 0 Å². The van der Waals surface area contributed by atoms with E-state index in [1.807, 2.05) is 103 Å². The second kappa shape index (κ2) is 8.95. The van der Waals surface area contributed by atoms with Gasteiger partial charge in [0.2, 0.25) is 0 Å². The average molecular weight is 459 g/mol. The molecule has 1 heterocycles. The van der Waals surface area contributed by atoms with Gasteiger partial charge in [0.1, 0.15) is 18.1 Å². The Morgan fingerprint density at radius 3 is 1.91 bits per heavy atom. The van der Waals surface area contributed by atoms with Crippen molar-refractivity contribution in [3.63, 3.8) is 0 Å². The molecule has 0 amide bonds. The molecule has 0 spiro atoms. The van der Waals surface area contributed by atoms with Crippen molar-refractivity contribution in [1.82, 2.24) is 9.55 Å². The fourth-order valence-corrected chi connectivity index (χ4v) is 4.32. The molecule has 1 aromatic heterocycles. The molecule has 0 aliphatic heterocycles. The third-order valence-electron chi connectivity index (χ3n) is 6.05. The van der Waals surface area contributed by atoms with Crippen molar-refractivity contribution in [2.24, 2.45) is 0 Å². The highest BCUT2D eigenvalue weighted by atomic mass is 16.5. The highest BCUT2D eigenvalue weighted by Crippen LogP contribution is 2.24. The molecule has 6 aromatic rings. The van der Waals surface area contributed by atoms with Crippen LogP contribution in [0, 0.1) is 0 Å². The first-order valence-electron chi connectivity index (χ1n) is 11.5. The lowest BCUT2D eigenvalue weighted by molar-refractivity contribution is 0.0834. The fraction of sp³-hybridized carbons (Fsp3) is 0.0667. The number of hydrogen-bond acceptors (Lipinski definition) is 4. The molecule has 6 rings (SSSR count). The Balaban J connectivity index is 1.25. The zero-order valence-corrected chi connectivity index (χ0v) is 18.9. The SMILES string of the molecule is O=C(COc1ccc2ccccc2c1)n1c(COc2ccc3ccccc3c2)nc2ccccc21. The van der Waals surface area contributed by atoms with Gasteiger partial charge in [-0.25, -0.2) is 4.98 Å². The molecule has 0 saturated heterocycles. The van der Waals surface area contributed by atoms with E-state index in [4.69, 9.17) is 9.47 Å². The average Bonchev–Trinajstić information content (AvgIpc) is 3.29. The van der Waals surface area contributed by atoms with Crippen LogP contribution >= 0.6 is 0 Å². The number of fused-ring (bicyclic) bond motifs is 3. The van der Waals surface area contributed by atoms with Crippen LogP contribution in [0.4, 0.5) is 0 Å². The third-order valence-corrected chi connectivity index (χ3v) is 6.05. The van der Waals surface area contributed by atoms with Crippen LogP contribution in [-0.2, 0) is 6.61 Å². The van der Waals surface area contributed by atoms with E-state index < -0.39 is 0 Å². The van der Waals surface area contributed by atoms with Gasteiger partial charge in [0.05, 0.1) is 11.0 Å². The summed E-state index contributed by atoms with van der Waals surface area (Å²) < 4.78 is 13.5. The molecule has 0 fully saturated rings. The highest BCUT2D eigenvalue weighted by molar-refractivity contribution is 5.92. The van der Waals surface area contributed by atoms with Crippen LogP contribution in [0.1, 0.15) is 10.6 Å². The maximum absolute atomic E-state index is 13.3. The molecule has 0 bridgehead atoms. The molecule has 0 N–H and O–H groups in total. The molecule has 0 aliphatic rings. The summed E-state index contributed by atoms with van der Waals surface area (Å²) in [5.41, 5.74) is 1.47. The maximum atomic E-state index is 13.3. The van der Waals surface area contributed by atoms with Crippen molar-refractivity contribution in [2.45, 2.75) is 6.61 Å². The van der Waals surface area contributed by atoms with Crippen LogP contribution in [0.25, 0.3) is 32.6 Å². The zero-order chi connectivity index (χ0) is 23.6. The number of rotatable bonds is 6. The first-order valence-corrected chi connectivity index (χ1v) is 11.5. The minimum atomic E-state index is -0.205. The van der Waals surface area contributed by atoms with Crippen LogP contribution < -0.4 is 9.47 Å². The van der Waals surface area contributed by atoms with Gasteiger partial charge in [0.15, 0.2) is 12.4 Å². The van der Waals surface area contributed by atoms with Crippen LogP contribution in [0.2, 0.25) is 0 Å². The van der Waals surface area contributed by atoms with Gasteiger partial charge in [-0.3, -0.25) is 9.36 Å². The molecule has 5 nitrogen and oxygen atoms in total. The van der Waals surface area contributed by atoms with E-state index in [1.54, 1.807) is 4.57 Å². The summed E-state index contributed by atoms with van der Waals surface area (Å²) in [6, 6.07) is 35.5. The predicted molar refractivity (Wildman–Crippen MR) is 138 cm³/mol. The number of nitrogens with zero attached hydrogens (tertiary/aromatic N) is 2. The normalized spacial score (nSPS) is 11.2. The van der Waals surface area contributed by atoms with Crippen molar-refractivity contribution in [3.8, 4) is 11.5 Å². The number of carbonyl (C=O) groups excluding carboxylic acids is 1. The molecule has 5 heteroatoms. The Bertz CT molecular complexity index is 1690. The second-order valence-electron chi connectivity index (χ2n) is 8.34. The smallest absolute Gasteiger partial charge is 0.270 e. The van der Waals surface area contributed by atoms with Crippen molar-refractivity contribution < 1.29 is 14.3 Å². The summed E-state index contributed by atoms with van der Waals surface area (Å²) >= 11 is 0. The Morgan fingerprint density at radius 2 is 1.23 bits per heavy atom. The zero-order valence-electron chi connectivity index (χ0n) is 18.9. The van der Waals surface area contributed by atoms with Gasteiger partial charge in [-0.05, 0) is 57.9 Å². The Morgan fingerprint density at radius 1 is 0.657 bits per heavy atom. The van der Waals surface area contributed by atoms with Gasteiger partial charge in [0, 0.05) is 0 Å². The summed E-state index contributed by atoms with van der Waals surface area (Å²) in [7, 11) is 0. The first-order chi connectivity index (χ1) is 17.2. The summed E-state index contributed by atoms with van der Waals surface area (Å²) in [5, 5.41) is 4.43. The number of para-hydroxylation sites is 2.